The van der Waals surface area contributed by atoms with Gasteiger partial charge >= 0.3 is 0 Å². The number of benzene rings is 2. The van der Waals surface area contributed by atoms with Crippen LogP contribution in [0.25, 0.3) is 0 Å². The summed E-state index contributed by atoms with van der Waals surface area (Å²) < 4.78 is 13.2. The Balaban J connectivity index is 1.88. The van der Waals surface area contributed by atoms with E-state index in [1.54, 1.807) is 30.0 Å². The van der Waals surface area contributed by atoms with Crippen LogP contribution < -0.4 is 14.8 Å². The minimum absolute atomic E-state index is 0.145. The van der Waals surface area contributed by atoms with Crippen molar-refractivity contribution in [2.75, 3.05) is 7.11 Å². The highest BCUT2D eigenvalue weighted by Gasteiger charge is 2.21. The van der Waals surface area contributed by atoms with E-state index in [0.29, 0.717) is 10.8 Å². The van der Waals surface area contributed by atoms with Crippen LogP contribution in [0.5, 0.6) is 17.2 Å². The molecule has 1 amide bonds. The van der Waals surface area contributed by atoms with Crippen LogP contribution in [0.2, 0.25) is 10.0 Å². The van der Waals surface area contributed by atoms with E-state index in [1.165, 1.54) is 0 Å². The lowest BCUT2D eigenvalue weighted by molar-refractivity contribution is 0.0939. The highest BCUT2D eigenvalue weighted by molar-refractivity contribution is 6.39. The largest absolute Gasteiger partial charge is 0.496 e. The van der Waals surface area contributed by atoms with Gasteiger partial charge in [0.1, 0.15) is 11.5 Å². The zero-order chi connectivity index (χ0) is 23.6. The zero-order valence-electron chi connectivity index (χ0n) is 19.0. The van der Waals surface area contributed by atoms with Gasteiger partial charge in [0, 0.05) is 24.4 Å². The Kier molecular flexibility index (Phi) is 7.36. The highest BCUT2D eigenvalue weighted by Crippen LogP contribution is 2.40. The fourth-order valence-electron chi connectivity index (χ4n) is 3.54. The van der Waals surface area contributed by atoms with Crippen LogP contribution >= 0.6 is 23.2 Å². The van der Waals surface area contributed by atoms with Gasteiger partial charge in [0.2, 0.25) is 0 Å². The van der Waals surface area contributed by atoms with Crippen LogP contribution in [0.3, 0.4) is 0 Å². The Morgan fingerprint density at radius 3 is 2.44 bits per heavy atom. The van der Waals surface area contributed by atoms with Gasteiger partial charge in [-0.25, -0.2) is 0 Å². The number of rotatable bonds is 7. The van der Waals surface area contributed by atoms with E-state index in [-0.39, 0.29) is 34.2 Å². The second-order valence-electron chi connectivity index (χ2n) is 7.94. The van der Waals surface area contributed by atoms with Gasteiger partial charge in [-0.15, -0.1) is 0 Å². The van der Waals surface area contributed by atoms with Gasteiger partial charge in [-0.3, -0.25) is 9.48 Å². The summed E-state index contributed by atoms with van der Waals surface area (Å²) in [5.41, 5.74) is 3.05. The summed E-state index contributed by atoms with van der Waals surface area (Å²) in [6.45, 7) is 7.93. The van der Waals surface area contributed by atoms with Crippen LogP contribution in [0.15, 0.2) is 36.5 Å². The second-order valence-corrected chi connectivity index (χ2v) is 8.72. The third-order valence-electron chi connectivity index (χ3n) is 5.20. The molecule has 0 fully saturated rings. The van der Waals surface area contributed by atoms with Gasteiger partial charge in [-0.2, -0.15) is 5.10 Å². The number of aryl methyl sites for hydroxylation is 2. The number of halogens is 2. The SMILES string of the molecule is COc1ccc(Oc2c(Cl)ccc(C(=O)NC(C)c3cn(C)nc3C)c2Cl)cc1C(C)C. The Labute approximate surface area is 198 Å². The maximum Gasteiger partial charge on any atom is 0.253 e. The molecule has 170 valence electrons. The molecule has 0 saturated carbocycles. The summed E-state index contributed by atoms with van der Waals surface area (Å²) in [7, 11) is 3.47. The fraction of sp³-hybridized carbons (Fsp3) is 0.333. The summed E-state index contributed by atoms with van der Waals surface area (Å²) in [6.07, 6.45) is 1.88. The molecule has 3 rings (SSSR count). The molecule has 0 aliphatic heterocycles. The Hall–Kier alpha value is -2.70. The molecule has 6 nitrogen and oxygen atoms in total. The maximum absolute atomic E-state index is 13.0. The standard InChI is InChI=1S/C24H27Cl2N3O3/c1-13(2)18-11-16(7-10-21(18)31-6)32-23-20(25)9-8-17(22(23)26)24(30)27-14(3)19-12-29(5)28-15(19)4/h7-14H,1-6H3,(H,27,30). The first-order chi connectivity index (χ1) is 15.1. The topological polar surface area (TPSA) is 65.4 Å². The van der Waals surface area contributed by atoms with Gasteiger partial charge in [-0.1, -0.05) is 37.0 Å². The van der Waals surface area contributed by atoms with Gasteiger partial charge in [0.25, 0.3) is 5.91 Å². The van der Waals surface area contributed by atoms with E-state index < -0.39 is 0 Å². The number of nitrogens with one attached hydrogen (secondary N) is 1. The lowest BCUT2D eigenvalue weighted by Gasteiger charge is -2.17. The first-order valence-corrected chi connectivity index (χ1v) is 11.0. The summed E-state index contributed by atoms with van der Waals surface area (Å²) in [5.74, 6) is 1.46. The second kappa shape index (κ2) is 9.84. The average molecular weight is 476 g/mol. The smallest absolute Gasteiger partial charge is 0.253 e. The minimum atomic E-state index is -0.329. The molecule has 0 bridgehead atoms. The summed E-state index contributed by atoms with van der Waals surface area (Å²) in [5, 5.41) is 7.75. The average Bonchev–Trinajstić information content (AvgIpc) is 3.08. The number of nitrogens with zero attached hydrogens (tertiary/aromatic N) is 2. The molecule has 0 aliphatic carbocycles. The minimum Gasteiger partial charge on any atom is -0.496 e. The molecule has 0 spiro atoms. The number of carbonyl (C=O) groups excluding carboxylic acids is 1. The first kappa shape index (κ1) is 24.0. The molecular formula is C24H27Cl2N3O3. The zero-order valence-corrected chi connectivity index (χ0v) is 20.5. The van der Waals surface area contributed by atoms with Crippen molar-refractivity contribution in [3.05, 3.63) is 69.0 Å². The number of aromatic nitrogens is 2. The van der Waals surface area contributed by atoms with Crippen molar-refractivity contribution >= 4 is 29.1 Å². The molecule has 32 heavy (non-hydrogen) atoms. The fourth-order valence-corrected chi connectivity index (χ4v) is 4.08. The van der Waals surface area contributed by atoms with E-state index in [1.807, 2.05) is 39.2 Å². The van der Waals surface area contributed by atoms with E-state index >= 15 is 0 Å². The van der Waals surface area contributed by atoms with Crippen molar-refractivity contribution in [1.29, 1.82) is 0 Å². The van der Waals surface area contributed by atoms with E-state index in [0.717, 1.165) is 22.6 Å². The van der Waals surface area contributed by atoms with Gasteiger partial charge in [0.05, 0.1) is 34.5 Å². The number of ether oxygens (including phenoxy) is 2. The maximum atomic E-state index is 13.0. The molecule has 1 unspecified atom stereocenters. The number of hydrogen-bond acceptors (Lipinski definition) is 4. The quantitative estimate of drug-likeness (QED) is 0.426. The number of hydrogen-bond donors (Lipinski definition) is 1. The van der Waals surface area contributed by atoms with Crippen molar-refractivity contribution in [2.24, 2.45) is 7.05 Å². The molecule has 1 atom stereocenters. The normalized spacial score (nSPS) is 12.0. The van der Waals surface area contributed by atoms with Gasteiger partial charge in [-0.05, 0) is 50.1 Å². The molecule has 0 saturated heterocycles. The molecule has 1 aromatic heterocycles. The summed E-state index contributed by atoms with van der Waals surface area (Å²) >= 11 is 12.9. The van der Waals surface area contributed by atoms with Crippen molar-refractivity contribution < 1.29 is 14.3 Å². The van der Waals surface area contributed by atoms with Crippen LogP contribution in [0.4, 0.5) is 0 Å². The van der Waals surface area contributed by atoms with Crippen molar-refractivity contribution in [3.8, 4) is 17.2 Å². The van der Waals surface area contributed by atoms with Gasteiger partial charge in [0.15, 0.2) is 5.75 Å². The van der Waals surface area contributed by atoms with E-state index in [4.69, 9.17) is 32.7 Å². The van der Waals surface area contributed by atoms with E-state index in [2.05, 4.69) is 24.3 Å². The summed E-state index contributed by atoms with van der Waals surface area (Å²) in [6, 6.07) is 8.44. The molecule has 1 heterocycles. The first-order valence-electron chi connectivity index (χ1n) is 10.3. The molecule has 1 N–H and O–H groups in total. The monoisotopic (exact) mass is 475 g/mol. The molecular weight excluding hydrogens is 449 g/mol. The number of methoxy groups -OCH3 is 1. The Bertz CT molecular complexity index is 1140. The predicted octanol–water partition coefficient (Wildman–Crippen LogP) is 6.45. The van der Waals surface area contributed by atoms with Crippen molar-refractivity contribution in [1.82, 2.24) is 15.1 Å². The molecule has 0 radical (unpaired) electrons. The van der Waals surface area contributed by atoms with Crippen LogP contribution in [-0.2, 0) is 7.05 Å². The molecule has 3 aromatic rings. The number of amides is 1. The third kappa shape index (κ3) is 5.03. The van der Waals surface area contributed by atoms with E-state index in [9.17, 15) is 4.79 Å². The van der Waals surface area contributed by atoms with Crippen molar-refractivity contribution in [2.45, 2.75) is 39.7 Å². The molecule has 8 heteroatoms. The highest BCUT2D eigenvalue weighted by atomic mass is 35.5. The Morgan fingerprint density at radius 1 is 1.12 bits per heavy atom. The summed E-state index contributed by atoms with van der Waals surface area (Å²) in [4.78, 5) is 13.0. The van der Waals surface area contributed by atoms with Crippen molar-refractivity contribution in [3.63, 3.8) is 0 Å². The lowest BCUT2D eigenvalue weighted by Crippen LogP contribution is -2.27. The Morgan fingerprint density at radius 2 is 1.84 bits per heavy atom. The van der Waals surface area contributed by atoms with Gasteiger partial charge < -0.3 is 14.8 Å². The number of carbonyl (C=O) groups is 1. The van der Waals surface area contributed by atoms with Crippen LogP contribution in [0.1, 0.15) is 59.9 Å². The molecule has 2 aromatic carbocycles. The molecule has 0 aliphatic rings. The lowest BCUT2D eigenvalue weighted by atomic mass is 10.0. The van der Waals surface area contributed by atoms with Crippen LogP contribution in [0, 0.1) is 6.92 Å². The predicted molar refractivity (Wildman–Crippen MR) is 127 cm³/mol. The third-order valence-corrected chi connectivity index (χ3v) is 5.88. The van der Waals surface area contributed by atoms with Crippen LogP contribution in [-0.4, -0.2) is 22.8 Å².